The summed E-state index contributed by atoms with van der Waals surface area (Å²) in [6.45, 7) is 6.54. The van der Waals surface area contributed by atoms with E-state index in [-0.39, 0.29) is 23.8 Å². The molecule has 1 amide bonds. The molecule has 1 unspecified atom stereocenters. The molecule has 0 saturated carbocycles. The van der Waals surface area contributed by atoms with Gasteiger partial charge in [-0.3, -0.25) is 4.79 Å². The molecule has 3 aromatic carbocycles. The van der Waals surface area contributed by atoms with E-state index in [2.05, 4.69) is 56.4 Å². The molecule has 7 heteroatoms. The van der Waals surface area contributed by atoms with Crippen molar-refractivity contribution in [1.82, 2.24) is 5.32 Å². The number of hydrogen-bond acceptors (Lipinski definition) is 4. The number of carbonyl (C=O) groups excluding carboxylic acids is 1. The zero-order valence-electron chi connectivity index (χ0n) is 20.9. The maximum Gasteiger partial charge on any atom is 0.404 e. The van der Waals surface area contributed by atoms with Gasteiger partial charge >= 0.3 is 6.09 Å². The standard InChI is InChI=1S/C29H32N2O4Si/c1-29(2,3)36(25-10-6-4-7-11-25,26-12-8-5-9-13-26)35-24(21-31-28(33)34)18-19-27(32)23-16-14-22(20-30)15-17-23/h4-17,24,31H,18-19,21H2,1-3H3,(H,33,34). The molecule has 36 heavy (non-hydrogen) atoms. The second kappa shape index (κ2) is 11.8. The van der Waals surface area contributed by atoms with E-state index in [0.717, 1.165) is 10.4 Å². The highest BCUT2D eigenvalue weighted by Gasteiger charge is 2.51. The third-order valence-corrected chi connectivity index (χ3v) is 11.4. The van der Waals surface area contributed by atoms with E-state index < -0.39 is 20.5 Å². The van der Waals surface area contributed by atoms with Crippen LogP contribution in [0.1, 0.15) is 49.5 Å². The highest BCUT2D eigenvalue weighted by molar-refractivity contribution is 6.99. The number of Topliss-reactive ketones (excluding diaryl/α,β-unsaturated/α-hetero) is 1. The Morgan fingerprint density at radius 3 is 1.92 bits per heavy atom. The molecular weight excluding hydrogens is 468 g/mol. The van der Waals surface area contributed by atoms with Crippen molar-refractivity contribution in [2.75, 3.05) is 6.54 Å². The molecule has 0 aliphatic rings. The van der Waals surface area contributed by atoms with Gasteiger partial charge in [-0.25, -0.2) is 4.79 Å². The van der Waals surface area contributed by atoms with Gasteiger partial charge in [-0.05, 0) is 34.0 Å². The molecule has 6 nitrogen and oxygen atoms in total. The highest BCUT2D eigenvalue weighted by atomic mass is 28.4. The Hall–Kier alpha value is -3.73. The molecule has 0 spiro atoms. The highest BCUT2D eigenvalue weighted by Crippen LogP contribution is 2.38. The molecule has 0 bridgehead atoms. The van der Waals surface area contributed by atoms with Crippen LogP contribution in [-0.4, -0.2) is 37.9 Å². The lowest BCUT2D eigenvalue weighted by molar-refractivity contribution is 0.0948. The molecule has 0 aliphatic carbocycles. The second-order valence-corrected chi connectivity index (χ2v) is 14.0. The van der Waals surface area contributed by atoms with Gasteiger partial charge in [-0.15, -0.1) is 0 Å². The van der Waals surface area contributed by atoms with Crippen molar-refractivity contribution in [3.05, 3.63) is 96.1 Å². The van der Waals surface area contributed by atoms with Crippen LogP contribution in [0.2, 0.25) is 5.04 Å². The van der Waals surface area contributed by atoms with Gasteiger partial charge in [0.1, 0.15) is 0 Å². The number of nitrogens with one attached hydrogen (secondary N) is 1. The normalized spacial score (nSPS) is 12.4. The molecular formula is C29H32N2O4Si. The second-order valence-electron chi connectivity index (χ2n) is 9.74. The van der Waals surface area contributed by atoms with Crippen LogP contribution in [0.15, 0.2) is 84.9 Å². The van der Waals surface area contributed by atoms with Crippen LogP contribution >= 0.6 is 0 Å². The summed E-state index contributed by atoms with van der Waals surface area (Å²) in [7, 11) is -2.93. The van der Waals surface area contributed by atoms with Crippen LogP contribution in [0.25, 0.3) is 0 Å². The molecule has 186 valence electrons. The minimum absolute atomic E-state index is 0.0699. The lowest BCUT2D eigenvalue weighted by Gasteiger charge is -2.45. The van der Waals surface area contributed by atoms with Crippen molar-refractivity contribution < 1.29 is 19.1 Å². The number of rotatable bonds is 10. The molecule has 3 rings (SSSR count). The Bertz CT molecular complexity index is 1160. The first-order valence-electron chi connectivity index (χ1n) is 12.0. The van der Waals surface area contributed by atoms with Crippen LogP contribution in [0, 0.1) is 11.3 Å². The van der Waals surface area contributed by atoms with E-state index in [4.69, 9.17) is 9.69 Å². The molecule has 2 N–H and O–H groups in total. The fourth-order valence-corrected chi connectivity index (χ4v) is 9.23. The number of nitriles is 1. The Morgan fingerprint density at radius 1 is 0.944 bits per heavy atom. The van der Waals surface area contributed by atoms with Crippen LogP contribution in [-0.2, 0) is 4.43 Å². The summed E-state index contributed by atoms with van der Waals surface area (Å²) in [5, 5.41) is 22.7. The van der Waals surface area contributed by atoms with E-state index in [1.807, 2.05) is 36.4 Å². The summed E-state index contributed by atoms with van der Waals surface area (Å²) in [5.74, 6) is -0.0779. The minimum atomic E-state index is -2.93. The van der Waals surface area contributed by atoms with Crippen LogP contribution in [0.4, 0.5) is 4.79 Å². The summed E-state index contributed by atoms with van der Waals surface area (Å²) >= 11 is 0. The molecule has 0 aliphatic heterocycles. The molecule has 0 fully saturated rings. The van der Waals surface area contributed by atoms with Crippen LogP contribution in [0.3, 0.4) is 0 Å². The first-order valence-corrected chi connectivity index (χ1v) is 13.9. The maximum absolute atomic E-state index is 12.9. The summed E-state index contributed by atoms with van der Waals surface area (Å²) in [5.41, 5.74) is 1.01. The van der Waals surface area contributed by atoms with E-state index in [1.165, 1.54) is 0 Å². The maximum atomic E-state index is 12.9. The smallest absolute Gasteiger partial charge is 0.404 e. The largest absolute Gasteiger partial charge is 0.465 e. The number of benzene rings is 3. The fourth-order valence-electron chi connectivity index (χ4n) is 4.51. The average molecular weight is 501 g/mol. The average Bonchev–Trinajstić information content (AvgIpc) is 2.88. The van der Waals surface area contributed by atoms with Crippen molar-refractivity contribution >= 4 is 30.6 Å². The van der Waals surface area contributed by atoms with Gasteiger partial charge in [-0.2, -0.15) is 5.26 Å². The number of hydrogen-bond donors (Lipinski definition) is 2. The zero-order valence-corrected chi connectivity index (χ0v) is 21.9. The minimum Gasteiger partial charge on any atom is -0.465 e. The van der Waals surface area contributed by atoms with Gasteiger partial charge in [-0.1, -0.05) is 93.6 Å². The van der Waals surface area contributed by atoms with Gasteiger partial charge in [0, 0.05) is 18.5 Å². The summed E-state index contributed by atoms with van der Waals surface area (Å²) in [6, 6.07) is 28.8. The number of amides is 1. The van der Waals surface area contributed by atoms with Gasteiger partial charge in [0.2, 0.25) is 0 Å². The van der Waals surface area contributed by atoms with Gasteiger partial charge in [0.15, 0.2) is 5.78 Å². The Kier molecular flexibility index (Phi) is 8.81. The predicted molar refractivity (Wildman–Crippen MR) is 143 cm³/mol. The Morgan fingerprint density at radius 2 is 1.47 bits per heavy atom. The van der Waals surface area contributed by atoms with Crippen molar-refractivity contribution in [1.29, 1.82) is 5.26 Å². The predicted octanol–water partition coefficient (Wildman–Crippen LogP) is 4.73. The first kappa shape index (κ1) is 26.9. The fraction of sp³-hybridized carbons (Fsp3) is 0.276. The lowest BCUT2D eigenvalue weighted by atomic mass is 10.0. The van der Waals surface area contributed by atoms with Crippen molar-refractivity contribution in [2.45, 2.75) is 44.8 Å². The third kappa shape index (κ3) is 6.28. The van der Waals surface area contributed by atoms with Crippen molar-refractivity contribution in [3.8, 4) is 6.07 Å². The summed E-state index contributed by atoms with van der Waals surface area (Å²) in [4.78, 5) is 24.3. The van der Waals surface area contributed by atoms with E-state index >= 15 is 0 Å². The number of nitrogens with zero attached hydrogens (tertiary/aromatic N) is 1. The lowest BCUT2D eigenvalue weighted by Crippen LogP contribution is -2.68. The first-order chi connectivity index (χ1) is 17.2. The summed E-state index contributed by atoms with van der Waals surface area (Å²) < 4.78 is 7.07. The monoisotopic (exact) mass is 500 g/mol. The van der Waals surface area contributed by atoms with E-state index in [1.54, 1.807) is 24.3 Å². The molecule has 3 aromatic rings. The third-order valence-electron chi connectivity index (χ3n) is 6.27. The molecule has 0 radical (unpaired) electrons. The Labute approximate surface area is 213 Å². The van der Waals surface area contributed by atoms with Gasteiger partial charge in [0.25, 0.3) is 8.32 Å². The number of ketones is 1. The number of carboxylic acid groups (broad SMARTS) is 1. The van der Waals surface area contributed by atoms with Crippen molar-refractivity contribution in [2.24, 2.45) is 0 Å². The Balaban J connectivity index is 1.97. The van der Waals surface area contributed by atoms with E-state index in [0.29, 0.717) is 17.5 Å². The van der Waals surface area contributed by atoms with Crippen LogP contribution < -0.4 is 15.7 Å². The van der Waals surface area contributed by atoms with Crippen molar-refractivity contribution in [3.63, 3.8) is 0 Å². The van der Waals surface area contributed by atoms with Gasteiger partial charge < -0.3 is 14.8 Å². The van der Waals surface area contributed by atoms with E-state index in [9.17, 15) is 14.7 Å². The zero-order chi connectivity index (χ0) is 26.2. The SMILES string of the molecule is CC(C)(C)[Si](OC(CCC(=O)c1ccc(C#N)cc1)CNC(=O)O)(c1ccccc1)c1ccccc1. The van der Waals surface area contributed by atoms with Crippen LogP contribution in [0.5, 0.6) is 0 Å². The molecule has 0 saturated heterocycles. The quantitative estimate of drug-likeness (QED) is 0.310. The van der Waals surface area contributed by atoms with Gasteiger partial charge in [0.05, 0.1) is 17.7 Å². The molecule has 1 atom stereocenters. The number of carbonyl (C=O) groups is 2. The topological polar surface area (TPSA) is 99.4 Å². The molecule has 0 aromatic heterocycles. The summed E-state index contributed by atoms with van der Waals surface area (Å²) in [6.07, 6.45) is -1.11. The molecule has 0 heterocycles.